The first-order chi connectivity index (χ1) is 11.5. The number of thiophene rings is 1. The first-order valence-electron chi connectivity index (χ1n) is 8.15. The number of likely N-dealkylation sites (N-methyl/N-ethyl adjacent to an activating group) is 1. The third kappa shape index (κ3) is 3.42. The van der Waals surface area contributed by atoms with E-state index in [-0.39, 0.29) is 11.7 Å². The predicted octanol–water partition coefficient (Wildman–Crippen LogP) is 3.36. The van der Waals surface area contributed by atoms with E-state index in [1.807, 2.05) is 11.4 Å². The minimum Gasteiger partial charge on any atom is -0.388 e. The number of hydrogen-bond acceptors (Lipinski definition) is 4. The Hall–Kier alpha value is -1.98. The maximum Gasteiger partial charge on any atom is 0.254 e. The van der Waals surface area contributed by atoms with Gasteiger partial charge in [-0.2, -0.15) is 0 Å². The molecule has 0 aliphatic heterocycles. The molecule has 1 heterocycles. The molecule has 0 bridgehead atoms. The summed E-state index contributed by atoms with van der Waals surface area (Å²) in [4.78, 5) is 27.6. The van der Waals surface area contributed by atoms with E-state index >= 15 is 0 Å². The second-order valence-electron chi connectivity index (χ2n) is 6.44. The maximum absolute atomic E-state index is 12.8. The Balaban J connectivity index is 1.83. The molecule has 1 fully saturated rings. The van der Waals surface area contributed by atoms with Crippen molar-refractivity contribution in [3.8, 4) is 0 Å². The molecule has 2 aromatic rings. The lowest BCUT2D eigenvalue weighted by Crippen LogP contribution is -2.42. The minimum absolute atomic E-state index is 0.137. The molecule has 1 amide bonds. The summed E-state index contributed by atoms with van der Waals surface area (Å²) in [5.41, 5.74) is 0.00659. The SMILES string of the molecule is CN(CC1(O)CCCC1)C(=O)c1ccccc1C(=O)c1cccs1. The molecule has 0 unspecified atom stereocenters. The number of aliphatic hydroxyl groups is 1. The lowest BCUT2D eigenvalue weighted by Gasteiger charge is -2.29. The number of benzene rings is 1. The molecule has 1 aromatic carbocycles. The van der Waals surface area contributed by atoms with Crippen LogP contribution in [0, 0.1) is 0 Å². The Morgan fingerprint density at radius 2 is 1.79 bits per heavy atom. The second-order valence-corrected chi connectivity index (χ2v) is 7.39. The van der Waals surface area contributed by atoms with Gasteiger partial charge in [-0.05, 0) is 30.4 Å². The lowest BCUT2D eigenvalue weighted by molar-refractivity contribution is 0.0156. The fraction of sp³-hybridized carbons (Fsp3) is 0.368. The summed E-state index contributed by atoms with van der Waals surface area (Å²) in [6.07, 6.45) is 3.43. The summed E-state index contributed by atoms with van der Waals surface area (Å²) in [6, 6.07) is 10.5. The van der Waals surface area contributed by atoms with Gasteiger partial charge in [-0.1, -0.05) is 37.1 Å². The Labute approximate surface area is 145 Å². The van der Waals surface area contributed by atoms with Crippen molar-refractivity contribution >= 4 is 23.0 Å². The standard InChI is InChI=1S/C19H21NO3S/c1-20(13-19(23)10-4-5-11-19)18(22)15-8-3-2-7-14(15)17(21)16-9-6-12-24-16/h2-3,6-9,12,23H,4-5,10-11,13H2,1H3. The van der Waals surface area contributed by atoms with Crippen LogP contribution in [-0.2, 0) is 0 Å². The number of amides is 1. The van der Waals surface area contributed by atoms with Crippen molar-refractivity contribution < 1.29 is 14.7 Å². The first kappa shape index (κ1) is 16.9. The molecule has 24 heavy (non-hydrogen) atoms. The normalized spacial score (nSPS) is 16.1. The maximum atomic E-state index is 12.8. The van der Waals surface area contributed by atoms with Gasteiger partial charge in [0.25, 0.3) is 5.91 Å². The Morgan fingerprint density at radius 1 is 1.12 bits per heavy atom. The van der Waals surface area contributed by atoms with Crippen LogP contribution in [0.15, 0.2) is 41.8 Å². The highest BCUT2D eigenvalue weighted by Gasteiger charge is 2.34. The Bertz CT molecular complexity index is 733. The van der Waals surface area contributed by atoms with E-state index in [1.165, 1.54) is 16.2 Å². The molecule has 0 atom stereocenters. The molecular weight excluding hydrogens is 322 g/mol. The van der Waals surface area contributed by atoms with Crippen molar-refractivity contribution in [2.75, 3.05) is 13.6 Å². The van der Waals surface area contributed by atoms with Crippen LogP contribution < -0.4 is 0 Å². The van der Waals surface area contributed by atoms with Gasteiger partial charge in [-0.25, -0.2) is 0 Å². The molecule has 126 valence electrons. The number of rotatable bonds is 5. The van der Waals surface area contributed by atoms with Crippen molar-refractivity contribution in [3.05, 3.63) is 57.8 Å². The molecule has 1 aliphatic carbocycles. The Morgan fingerprint density at radius 3 is 2.42 bits per heavy atom. The van der Waals surface area contributed by atoms with Crippen LogP contribution in [0.4, 0.5) is 0 Å². The molecule has 5 heteroatoms. The fourth-order valence-electron chi connectivity index (χ4n) is 3.32. The van der Waals surface area contributed by atoms with Crippen LogP contribution in [0.2, 0.25) is 0 Å². The van der Waals surface area contributed by atoms with E-state index in [4.69, 9.17) is 0 Å². The van der Waals surface area contributed by atoms with E-state index < -0.39 is 5.60 Å². The molecule has 0 spiro atoms. The van der Waals surface area contributed by atoms with Crippen LogP contribution in [0.25, 0.3) is 0 Å². The largest absolute Gasteiger partial charge is 0.388 e. The molecular formula is C19H21NO3S. The van der Waals surface area contributed by atoms with Gasteiger partial charge in [0.1, 0.15) is 0 Å². The van der Waals surface area contributed by atoms with Gasteiger partial charge in [0.2, 0.25) is 5.78 Å². The van der Waals surface area contributed by atoms with Gasteiger partial charge in [-0.3, -0.25) is 9.59 Å². The summed E-state index contributed by atoms with van der Waals surface area (Å²) >= 11 is 1.37. The van der Waals surface area contributed by atoms with Gasteiger partial charge >= 0.3 is 0 Å². The zero-order valence-corrected chi connectivity index (χ0v) is 14.5. The van der Waals surface area contributed by atoms with Gasteiger partial charge < -0.3 is 10.0 Å². The van der Waals surface area contributed by atoms with Crippen LogP contribution in [0.5, 0.6) is 0 Å². The summed E-state index contributed by atoms with van der Waals surface area (Å²) in [5, 5.41) is 12.4. The topological polar surface area (TPSA) is 57.6 Å². The minimum atomic E-state index is -0.795. The molecule has 1 aromatic heterocycles. The van der Waals surface area contributed by atoms with Crippen molar-refractivity contribution in [1.82, 2.24) is 4.90 Å². The summed E-state index contributed by atoms with van der Waals surface area (Å²) in [5.74, 6) is -0.363. The van der Waals surface area contributed by atoms with E-state index in [0.717, 1.165) is 25.7 Å². The van der Waals surface area contributed by atoms with Crippen LogP contribution in [0.3, 0.4) is 0 Å². The van der Waals surface area contributed by atoms with Crippen LogP contribution >= 0.6 is 11.3 Å². The number of carbonyl (C=O) groups excluding carboxylic acids is 2. The highest BCUT2D eigenvalue weighted by Crippen LogP contribution is 2.30. The average Bonchev–Trinajstić information content (AvgIpc) is 3.25. The zero-order valence-electron chi connectivity index (χ0n) is 13.7. The third-order valence-electron chi connectivity index (χ3n) is 4.56. The van der Waals surface area contributed by atoms with E-state index in [9.17, 15) is 14.7 Å². The third-order valence-corrected chi connectivity index (χ3v) is 5.43. The van der Waals surface area contributed by atoms with Crippen LogP contribution in [-0.4, -0.2) is 40.9 Å². The first-order valence-corrected chi connectivity index (χ1v) is 9.03. The smallest absolute Gasteiger partial charge is 0.254 e. The van der Waals surface area contributed by atoms with Crippen LogP contribution in [0.1, 0.15) is 51.3 Å². The van der Waals surface area contributed by atoms with Gasteiger partial charge in [0.15, 0.2) is 0 Å². The zero-order chi connectivity index (χ0) is 17.2. The van der Waals surface area contributed by atoms with E-state index in [0.29, 0.717) is 22.5 Å². The highest BCUT2D eigenvalue weighted by atomic mass is 32.1. The van der Waals surface area contributed by atoms with Crippen molar-refractivity contribution in [2.24, 2.45) is 0 Å². The summed E-state index contributed by atoms with van der Waals surface area (Å²) in [7, 11) is 1.69. The molecule has 0 radical (unpaired) electrons. The highest BCUT2D eigenvalue weighted by molar-refractivity contribution is 7.12. The molecule has 0 saturated heterocycles. The van der Waals surface area contributed by atoms with E-state index in [1.54, 1.807) is 37.4 Å². The van der Waals surface area contributed by atoms with Gasteiger partial charge in [0, 0.05) is 19.2 Å². The summed E-state index contributed by atoms with van der Waals surface area (Å²) in [6.45, 7) is 0.299. The average molecular weight is 343 g/mol. The molecule has 1 aliphatic rings. The summed E-state index contributed by atoms with van der Waals surface area (Å²) < 4.78 is 0. The quantitative estimate of drug-likeness (QED) is 0.847. The molecule has 3 rings (SSSR count). The number of hydrogen-bond donors (Lipinski definition) is 1. The fourth-order valence-corrected chi connectivity index (χ4v) is 4.00. The second kappa shape index (κ2) is 6.87. The van der Waals surface area contributed by atoms with Crippen molar-refractivity contribution in [3.63, 3.8) is 0 Å². The molecule has 4 nitrogen and oxygen atoms in total. The number of carbonyl (C=O) groups is 2. The predicted molar refractivity (Wildman–Crippen MR) is 94.6 cm³/mol. The lowest BCUT2D eigenvalue weighted by atomic mass is 9.99. The number of nitrogens with zero attached hydrogens (tertiary/aromatic N) is 1. The Kier molecular flexibility index (Phi) is 4.83. The van der Waals surface area contributed by atoms with Gasteiger partial charge in [-0.15, -0.1) is 11.3 Å². The number of ketones is 1. The molecule has 1 saturated carbocycles. The molecule has 1 N–H and O–H groups in total. The van der Waals surface area contributed by atoms with Crippen molar-refractivity contribution in [2.45, 2.75) is 31.3 Å². The van der Waals surface area contributed by atoms with Crippen molar-refractivity contribution in [1.29, 1.82) is 0 Å². The van der Waals surface area contributed by atoms with E-state index in [2.05, 4.69) is 0 Å². The monoisotopic (exact) mass is 343 g/mol. The van der Waals surface area contributed by atoms with Gasteiger partial charge in [0.05, 0.1) is 16.0 Å².